The van der Waals surface area contributed by atoms with E-state index in [0.29, 0.717) is 18.0 Å². The number of benzene rings is 1. The molecule has 100 valence electrons. The number of hydrogen-bond acceptors (Lipinski definition) is 3. The molecule has 1 N–H and O–H groups in total. The average molecular weight is 337 g/mol. The third-order valence-electron chi connectivity index (χ3n) is 3.77. The first kappa shape index (κ1) is 13.3. The maximum absolute atomic E-state index is 4.37. The minimum atomic E-state index is 0.369. The van der Waals surface area contributed by atoms with Crippen LogP contribution in [-0.2, 0) is 0 Å². The van der Waals surface area contributed by atoms with Crippen molar-refractivity contribution in [3.8, 4) is 0 Å². The predicted octanol–water partition coefficient (Wildman–Crippen LogP) is 4.50. The Morgan fingerprint density at radius 3 is 2.95 bits per heavy atom. The van der Waals surface area contributed by atoms with Crippen LogP contribution in [0.2, 0.25) is 0 Å². The SMILES string of the molecule is CC(NC1CC(c2cccc(Br)c2)C1)c1nccs1. The number of rotatable bonds is 4. The lowest BCUT2D eigenvalue weighted by Gasteiger charge is -2.38. The van der Waals surface area contributed by atoms with Gasteiger partial charge in [-0.3, -0.25) is 0 Å². The van der Waals surface area contributed by atoms with Crippen molar-refractivity contribution in [1.82, 2.24) is 10.3 Å². The van der Waals surface area contributed by atoms with Gasteiger partial charge in [0.25, 0.3) is 0 Å². The van der Waals surface area contributed by atoms with Crippen LogP contribution in [0.25, 0.3) is 0 Å². The van der Waals surface area contributed by atoms with Gasteiger partial charge in [0, 0.05) is 22.1 Å². The summed E-state index contributed by atoms with van der Waals surface area (Å²) in [5, 5.41) is 6.90. The fourth-order valence-electron chi connectivity index (χ4n) is 2.66. The van der Waals surface area contributed by atoms with E-state index in [-0.39, 0.29) is 0 Å². The smallest absolute Gasteiger partial charge is 0.109 e. The van der Waals surface area contributed by atoms with E-state index < -0.39 is 0 Å². The molecule has 3 rings (SSSR count). The number of aromatic nitrogens is 1. The van der Waals surface area contributed by atoms with Crippen LogP contribution in [-0.4, -0.2) is 11.0 Å². The van der Waals surface area contributed by atoms with Crippen molar-refractivity contribution in [2.75, 3.05) is 0 Å². The summed E-state index contributed by atoms with van der Waals surface area (Å²) >= 11 is 5.27. The van der Waals surface area contributed by atoms with Crippen LogP contribution in [0.3, 0.4) is 0 Å². The van der Waals surface area contributed by atoms with Crippen molar-refractivity contribution >= 4 is 27.3 Å². The fraction of sp³-hybridized carbons (Fsp3) is 0.400. The van der Waals surface area contributed by atoms with Crippen LogP contribution >= 0.6 is 27.3 Å². The quantitative estimate of drug-likeness (QED) is 0.888. The summed E-state index contributed by atoms with van der Waals surface area (Å²) < 4.78 is 1.18. The summed E-state index contributed by atoms with van der Waals surface area (Å²) in [4.78, 5) is 4.37. The van der Waals surface area contributed by atoms with E-state index >= 15 is 0 Å². The lowest BCUT2D eigenvalue weighted by molar-refractivity contribution is 0.270. The molecule has 0 spiro atoms. The average Bonchev–Trinajstić information content (AvgIpc) is 2.86. The van der Waals surface area contributed by atoms with Crippen LogP contribution in [0.1, 0.15) is 42.3 Å². The highest BCUT2D eigenvalue weighted by Gasteiger charge is 2.31. The zero-order valence-electron chi connectivity index (χ0n) is 10.8. The summed E-state index contributed by atoms with van der Waals surface area (Å²) in [5.74, 6) is 0.707. The molecule has 1 heterocycles. The van der Waals surface area contributed by atoms with Gasteiger partial charge in [0.05, 0.1) is 6.04 Å². The van der Waals surface area contributed by atoms with Crippen LogP contribution in [0.4, 0.5) is 0 Å². The van der Waals surface area contributed by atoms with Gasteiger partial charge in [-0.2, -0.15) is 0 Å². The highest BCUT2D eigenvalue weighted by Crippen LogP contribution is 2.38. The van der Waals surface area contributed by atoms with Crippen LogP contribution in [0.5, 0.6) is 0 Å². The molecule has 1 aromatic carbocycles. The second kappa shape index (κ2) is 5.73. The Kier molecular flexibility index (Phi) is 4.01. The molecule has 1 aromatic heterocycles. The zero-order chi connectivity index (χ0) is 13.2. The molecule has 1 aliphatic rings. The molecule has 0 saturated heterocycles. The third kappa shape index (κ3) is 3.07. The van der Waals surface area contributed by atoms with Crippen molar-refractivity contribution < 1.29 is 0 Å². The minimum absolute atomic E-state index is 0.369. The Bertz CT molecular complexity index is 535. The highest BCUT2D eigenvalue weighted by atomic mass is 79.9. The highest BCUT2D eigenvalue weighted by molar-refractivity contribution is 9.10. The molecule has 0 bridgehead atoms. The summed E-state index contributed by atoms with van der Waals surface area (Å²) in [6.07, 6.45) is 4.33. The monoisotopic (exact) mass is 336 g/mol. The Labute approximate surface area is 126 Å². The molecule has 1 aliphatic carbocycles. The lowest BCUT2D eigenvalue weighted by Crippen LogP contribution is -2.41. The number of thiazole rings is 1. The first-order valence-electron chi connectivity index (χ1n) is 6.63. The third-order valence-corrected chi connectivity index (χ3v) is 5.22. The van der Waals surface area contributed by atoms with Gasteiger partial charge in [-0.25, -0.2) is 4.98 Å². The van der Waals surface area contributed by atoms with Gasteiger partial charge in [-0.05, 0) is 43.4 Å². The van der Waals surface area contributed by atoms with E-state index in [9.17, 15) is 0 Å². The zero-order valence-corrected chi connectivity index (χ0v) is 13.2. The molecule has 2 aromatic rings. The summed E-state index contributed by atoms with van der Waals surface area (Å²) in [6.45, 7) is 2.20. The maximum Gasteiger partial charge on any atom is 0.109 e. The molecular formula is C15H17BrN2S. The Hall–Kier alpha value is -0.710. The van der Waals surface area contributed by atoms with Crippen molar-refractivity contribution in [2.45, 2.75) is 37.8 Å². The fourth-order valence-corrected chi connectivity index (χ4v) is 3.73. The van der Waals surface area contributed by atoms with Crippen molar-refractivity contribution in [3.63, 3.8) is 0 Å². The molecule has 0 aliphatic heterocycles. The normalized spacial score (nSPS) is 23.9. The van der Waals surface area contributed by atoms with E-state index in [0.717, 1.165) is 0 Å². The standard InChI is InChI=1S/C15H17BrN2S/c1-10(15-17-5-6-19-15)18-14-8-12(9-14)11-3-2-4-13(16)7-11/h2-7,10,12,14,18H,8-9H2,1H3. The van der Waals surface area contributed by atoms with E-state index in [2.05, 4.69) is 57.4 Å². The Morgan fingerprint density at radius 1 is 1.42 bits per heavy atom. The van der Waals surface area contributed by atoms with Gasteiger partial charge in [0.1, 0.15) is 5.01 Å². The Balaban J connectivity index is 1.53. The van der Waals surface area contributed by atoms with Crippen molar-refractivity contribution in [3.05, 3.63) is 50.9 Å². The molecule has 1 unspecified atom stereocenters. The van der Waals surface area contributed by atoms with Crippen molar-refractivity contribution in [2.24, 2.45) is 0 Å². The lowest BCUT2D eigenvalue weighted by atomic mass is 9.75. The van der Waals surface area contributed by atoms with Crippen molar-refractivity contribution in [1.29, 1.82) is 0 Å². The second-order valence-electron chi connectivity index (χ2n) is 5.18. The molecule has 4 heteroatoms. The topological polar surface area (TPSA) is 24.9 Å². The van der Waals surface area contributed by atoms with Gasteiger partial charge in [0.2, 0.25) is 0 Å². The molecular weight excluding hydrogens is 320 g/mol. The number of nitrogens with one attached hydrogen (secondary N) is 1. The van der Waals surface area contributed by atoms with E-state index in [1.165, 1.54) is 27.9 Å². The minimum Gasteiger partial charge on any atom is -0.305 e. The second-order valence-corrected chi connectivity index (χ2v) is 7.02. The van der Waals surface area contributed by atoms with E-state index in [1.807, 2.05) is 11.6 Å². The largest absolute Gasteiger partial charge is 0.305 e. The van der Waals surface area contributed by atoms with E-state index in [1.54, 1.807) is 11.3 Å². The molecule has 1 fully saturated rings. The summed E-state index contributed by atoms with van der Waals surface area (Å²) in [7, 11) is 0. The number of halogens is 1. The maximum atomic E-state index is 4.37. The molecule has 1 atom stereocenters. The summed E-state index contributed by atoms with van der Waals surface area (Å²) in [5.41, 5.74) is 1.45. The predicted molar refractivity (Wildman–Crippen MR) is 83.6 cm³/mol. The van der Waals surface area contributed by atoms with Gasteiger partial charge in [-0.1, -0.05) is 28.1 Å². The van der Waals surface area contributed by atoms with Crippen LogP contribution in [0, 0.1) is 0 Å². The molecule has 19 heavy (non-hydrogen) atoms. The molecule has 0 amide bonds. The molecule has 2 nitrogen and oxygen atoms in total. The van der Waals surface area contributed by atoms with Crippen LogP contribution in [0.15, 0.2) is 40.3 Å². The van der Waals surface area contributed by atoms with Crippen LogP contribution < -0.4 is 5.32 Å². The van der Waals surface area contributed by atoms with Gasteiger partial charge in [0.15, 0.2) is 0 Å². The Morgan fingerprint density at radius 2 is 2.26 bits per heavy atom. The first-order valence-corrected chi connectivity index (χ1v) is 8.30. The summed E-state index contributed by atoms with van der Waals surface area (Å²) in [6, 6.07) is 9.68. The van der Waals surface area contributed by atoms with Gasteiger partial charge >= 0.3 is 0 Å². The van der Waals surface area contributed by atoms with E-state index in [4.69, 9.17) is 0 Å². The van der Waals surface area contributed by atoms with Gasteiger partial charge < -0.3 is 5.32 Å². The number of hydrogen-bond donors (Lipinski definition) is 1. The molecule has 0 radical (unpaired) electrons. The first-order chi connectivity index (χ1) is 9.22. The molecule has 1 saturated carbocycles. The van der Waals surface area contributed by atoms with Gasteiger partial charge in [-0.15, -0.1) is 11.3 Å². The number of nitrogens with zero attached hydrogens (tertiary/aromatic N) is 1.